The molecule has 1 amide bonds. The topological polar surface area (TPSA) is 41.1 Å². The van der Waals surface area contributed by atoms with Crippen LogP contribution in [0.5, 0.6) is 0 Å². The van der Waals surface area contributed by atoms with Gasteiger partial charge in [0.05, 0.1) is 0 Å². The molecule has 23 heavy (non-hydrogen) atoms. The van der Waals surface area contributed by atoms with E-state index in [9.17, 15) is 4.79 Å². The Balaban J connectivity index is 1.61. The number of hydrogen-bond acceptors (Lipinski definition) is 3. The molecule has 0 aliphatic heterocycles. The quantitative estimate of drug-likeness (QED) is 0.700. The van der Waals surface area contributed by atoms with Crippen LogP contribution < -0.4 is 10.6 Å². The molecule has 4 heteroatoms. The largest absolute Gasteiger partial charge is 0.380 e. The van der Waals surface area contributed by atoms with E-state index >= 15 is 0 Å². The van der Waals surface area contributed by atoms with E-state index in [-0.39, 0.29) is 5.91 Å². The Hall–Kier alpha value is -2.59. The third kappa shape index (κ3) is 3.99. The van der Waals surface area contributed by atoms with Crippen molar-refractivity contribution in [2.24, 2.45) is 0 Å². The van der Waals surface area contributed by atoms with E-state index < -0.39 is 0 Å². The molecule has 0 spiro atoms. The highest BCUT2D eigenvalue weighted by Crippen LogP contribution is 2.17. The second-order valence-electron chi connectivity index (χ2n) is 5.28. The zero-order valence-electron chi connectivity index (χ0n) is 12.9. The molecule has 0 atom stereocenters. The normalized spacial score (nSPS) is 10.3. The first-order valence-corrected chi connectivity index (χ1v) is 8.33. The van der Waals surface area contributed by atoms with Crippen LogP contribution in [-0.2, 0) is 6.54 Å². The molecule has 116 valence electrons. The van der Waals surface area contributed by atoms with Gasteiger partial charge in [0.25, 0.3) is 5.91 Å². The molecule has 3 aromatic rings. The highest BCUT2D eigenvalue weighted by Gasteiger charge is 2.08. The molecule has 1 heterocycles. The first kappa shape index (κ1) is 15.3. The molecule has 0 bridgehead atoms. The maximum absolute atomic E-state index is 12.3. The van der Waals surface area contributed by atoms with Gasteiger partial charge in [-0.25, -0.2) is 0 Å². The molecule has 0 unspecified atom stereocenters. The van der Waals surface area contributed by atoms with Crippen molar-refractivity contribution in [3.8, 4) is 0 Å². The fourth-order valence-corrected chi connectivity index (χ4v) is 2.94. The summed E-state index contributed by atoms with van der Waals surface area (Å²) in [6, 6.07) is 19.5. The Morgan fingerprint density at radius 2 is 1.70 bits per heavy atom. The molecule has 0 saturated heterocycles. The van der Waals surface area contributed by atoms with Crippen LogP contribution in [0.1, 0.15) is 20.8 Å². The summed E-state index contributed by atoms with van der Waals surface area (Å²) >= 11 is 1.73. The second-order valence-corrected chi connectivity index (χ2v) is 6.31. The van der Waals surface area contributed by atoms with E-state index in [1.54, 1.807) is 11.3 Å². The average Bonchev–Trinajstić information content (AvgIpc) is 3.08. The third-order valence-corrected chi connectivity index (χ3v) is 4.46. The monoisotopic (exact) mass is 322 g/mol. The van der Waals surface area contributed by atoms with E-state index in [0.717, 1.165) is 23.5 Å². The van der Waals surface area contributed by atoms with Gasteiger partial charge in [0.1, 0.15) is 0 Å². The molecule has 3 rings (SSSR count). The molecule has 0 radical (unpaired) electrons. The van der Waals surface area contributed by atoms with Crippen molar-refractivity contribution in [3.63, 3.8) is 0 Å². The minimum atomic E-state index is -0.0811. The number of hydrogen-bond donors (Lipinski definition) is 2. The summed E-state index contributed by atoms with van der Waals surface area (Å²) in [4.78, 5) is 13.6. The highest BCUT2D eigenvalue weighted by molar-refractivity contribution is 7.09. The predicted octanol–water partition coefficient (Wildman–Crippen LogP) is 4.92. The number of anilines is 2. The predicted molar refractivity (Wildman–Crippen MR) is 97.2 cm³/mol. The van der Waals surface area contributed by atoms with Crippen LogP contribution in [-0.4, -0.2) is 5.91 Å². The maximum Gasteiger partial charge on any atom is 0.255 e. The smallest absolute Gasteiger partial charge is 0.255 e. The Morgan fingerprint density at radius 3 is 2.39 bits per heavy atom. The van der Waals surface area contributed by atoms with Gasteiger partial charge in [-0.2, -0.15) is 0 Å². The van der Waals surface area contributed by atoms with Crippen LogP contribution in [0.15, 0.2) is 66.0 Å². The average molecular weight is 322 g/mol. The molecular weight excluding hydrogens is 304 g/mol. The zero-order chi connectivity index (χ0) is 16.1. The maximum atomic E-state index is 12.3. The molecule has 3 nitrogen and oxygen atoms in total. The number of thiophene rings is 1. The van der Waals surface area contributed by atoms with E-state index in [2.05, 4.69) is 22.1 Å². The van der Waals surface area contributed by atoms with Crippen molar-refractivity contribution in [3.05, 3.63) is 82.0 Å². The Kier molecular flexibility index (Phi) is 4.74. The zero-order valence-corrected chi connectivity index (χ0v) is 13.7. The summed E-state index contributed by atoms with van der Waals surface area (Å²) in [7, 11) is 0. The third-order valence-electron chi connectivity index (χ3n) is 3.58. The van der Waals surface area contributed by atoms with Crippen LogP contribution in [0, 0.1) is 6.92 Å². The van der Waals surface area contributed by atoms with E-state index in [1.807, 2.05) is 61.5 Å². The number of aryl methyl sites for hydroxylation is 1. The van der Waals surface area contributed by atoms with Crippen molar-refractivity contribution >= 4 is 28.6 Å². The van der Waals surface area contributed by atoms with Gasteiger partial charge in [0.2, 0.25) is 0 Å². The molecule has 0 aliphatic rings. The van der Waals surface area contributed by atoms with Gasteiger partial charge in [-0.15, -0.1) is 11.3 Å². The van der Waals surface area contributed by atoms with Gasteiger partial charge in [0.15, 0.2) is 0 Å². The summed E-state index contributed by atoms with van der Waals surface area (Å²) in [6.07, 6.45) is 0. The van der Waals surface area contributed by atoms with Gasteiger partial charge in [-0.1, -0.05) is 24.3 Å². The molecule has 0 saturated carbocycles. The number of carbonyl (C=O) groups is 1. The lowest BCUT2D eigenvalue weighted by atomic mass is 10.1. The lowest BCUT2D eigenvalue weighted by Gasteiger charge is -2.09. The Morgan fingerprint density at radius 1 is 0.957 bits per heavy atom. The number of carbonyl (C=O) groups excluding carboxylic acids is 1. The summed E-state index contributed by atoms with van der Waals surface area (Å²) < 4.78 is 0. The van der Waals surface area contributed by atoms with Crippen LogP contribution in [0.2, 0.25) is 0 Å². The summed E-state index contributed by atoms with van der Waals surface area (Å²) in [6.45, 7) is 2.75. The van der Waals surface area contributed by atoms with Crippen molar-refractivity contribution in [1.29, 1.82) is 0 Å². The lowest BCUT2D eigenvalue weighted by Crippen LogP contribution is -2.13. The molecular formula is C19H18N2OS. The SMILES string of the molecule is Cc1ccccc1C(=O)Nc1ccc(NCc2cccs2)cc1. The van der Waals surface area contributed by atoms with Gasteiger partial charge in [-0.05, 0) is 54.3 Å². The molecule has 0 aliphatic carbocycles. The van der Waals surface area contributed by atoms with Crippen LogP contribution >= 0.6 is 11.3 Å². The number of nitrogens with one attached hydrogen (secondary N) is 2. The van der Waals surface area contributed by atoms with Crippen LogP contribution in [0.25, 0.3) is 0 Å². The fourth-order valence-electron chi connectivity index (χ4n) is 2.30. The molecule has 0 fully saturated rings. The first-order valence-electron chi connectivity index (χ1n) is 7.46. The van der Waals surface area contributed by atoms with Crippen molar-refractivity contribution < 1.29 is 4.79 Å². The van der Waals surface area contributed by atoms with Crippen LogP contribution in [0.3, 0.4) is 0 Å². The van der Waals surface area contributed by atoms with Gasteiger partial charge in [0, 0.05) is 28.4 Å². The number of benzene rings is 2. The minimum absolute atomic E-state index is 0.0811. The van der Waals surface area contributed by atoms with Gasteiger partial charge >= 0.3 is 0 Å². The minimum Gasteiger partial charge on any atom is -0.380 e. The van der Waals surface area contributed by atoms with Crippen molar-refractivity contribution in [2.75, 3.05) is 10.6 Å². The molecule has 2 N–H and O–H groups in total. The number of rotatable bonds is 5. The Bertz CT molecular complexity index is 779. The van der Waals surface area contributed by atoms with Gasteiger partial charge in [-0.3, -0.25) is 4.79 Å². The van der Waals surface area contributed by atoms with Crippen molar-refractivity contribution in [2.45, 2.75) is 13.5 Å². The summed E-state index contributed by atoms with van der Waals surface area (Å²) in [5.41, 5.74) is 3.50. The fraction of sp³-hybridized carbons (Fsp3) is 0.105. The van der Waals surface area contributed by atoms with Gasteiger partial charge < -0.3 is 10.6 Å². The van der Waals surface area contributed by atoms with E-state index in [1.165, 1.54) is 4.88 Å². The molecule has 1 aromatic heterocycles. The van der Waals surface area contributed by atoms with Crippen molar-refractivity contribution in [1.82, 2.24) is 0 Å². The highest BCUT2D eigenvalue weighted by atomic mass is 32.1. The van der Waals surface area contributed by atoms with Crippen LogP contribution in [0.4, 0.5) is 11.4 Å². The second kappa shape index (κ2) is 7.11. The lowest BCUT2D eigenvalue weighted by molar-refractivity contribution is 0.102. The summed E-state index contributed by atoms with van der Waals surface area (Å²) in [5, 5.41) is 8.37. The first-order chi connectivity index (χ1) is 11.2. The Labute approximate surface area is 140 Å². The summed E-state index contributed by atoms with van der Waals surface area (Å²) in [5.74, 6) is -0.0811. The molecule has 2 aromatic carbocycles. The number of amides is 1. The van der Waals surface area contributed by atoms with E-state index in [4.69, 9.17) is 0 Å². The standard InChI is InChI=1S/C19H18N2OS/c1-14-5-2-3-7-18(14)19(22)21-16-10-8-15(9-11-16)20-13-17-6-4-12-23-17/h2-12,20H,13H2,1H3,(H,21,22). The van der Waals surface area contributed by atoms with E-state index in [0.29, 0.717) is 5.56 Å².